The molecule has 1 saturated carbocycles. The summed E-state index contributed by atoms with van der Waals surface area (Å²) in [5.74, 6) is -0.218. The molecule has 30 heavy (non-hydrogen) atoms. The van der Waals surface area contributed by atoms with E-state index in [2.05, 4.69) is 37.2 Å². The minimum absolute atomic E-state index is 0.128. The van der Waals surface area contributed by atoms with Crippen molar-refractivity contribution >= 4 is 27.2 Å². The van der Waals surface area contributed by atoms with Crippen LogP contribution in [0.25, 0.3) is 27.1 Å². The Bertz CT molecular complexity index is 1570. The van der Waals surface area contributed by atoms with Crippen molar-refractivity contribution in [3.8, 4) is 11.3 Å². The van der Waals surface area contributed by atoms with Crippen LogP contribution in [0, 0.1) is 5.95 Å². The van der Waals surface area contributed by atoms with E-state index in [1.165, 1.54) is 11.8 Å². The monoisotopic (exact) mass is 420 g/mol. The summed E-state index contributed by atoms with van der Waals surface area (Å²) in [5.41, 5.74) is 4.49. The molecule has 0 aliphatic heterocycles. The third-order valence-corrected chi connectivity index (χ3v) is 6.31. The molecule has 1 aromatic carbocycles. The fourth-order valence-corrected chi connectivity index (χ4v) is 4.70. The van der Waals surface area contributed by atoms with Crippen molar-refractivity contribution in [3.05, 3.63) is 80.1 Å². The highest BCUT2D eigenvalue weighted by Gasteiger charge is 2.41. The number of halogens is 1. The van der Waals surface area contributed by atoms with Crippen LogP contribution < -0.4 is 11.2 Å². The first-order valence-electron chi connectivity index (χ1n) is 9.28. The Labute approximate surface area is 171 Å². The minimum atomic E-state index is -0.614. The van der Waals surface area contributed by atoms with Crippen LogP contribution in [0.1, 0.15) is 29.4 Å². The Kier molecular flexibility index (Phi) is 3.54. The van der Waals surface area contributed by atoms with Gasteiger partial charge >= 0.3 is 5.69 Å². The van der Waals surface area contributed by atoms with Gasteiger partial charge in [-0.15, -0.1) is 11.3 Å². The van der Waals surface area contributed by atoms with E-state index in [1.807, 2.05) is 11.6 Å². The molecule has 1 aliphatic rings. The Morgan fingerprint density at radius 1 is 1.17 bits per heavy atom. The van der Waals surface area contributed by atoms with E-state index in [1.54, 1.807) is 17.4 Å². The molecule has 4 aromatic heterocycles. The molecule has 10 heteroatoms. The molecule has 1 fully saturated rings. The Hall–Kier alpha value is -3.66. The van der Waals surface area contributed by atoms with Gasteiger partial charge in [-0.2, -0.15) is 14.0 Å². The Balaban J connectivity index is 1.47. The zero-order chi connectivity index (χ0) is 20.4. The first-order valence-corrected chi connectivity index (χ1v) is 10.2. The van der Waals surface area contributed by atoms with Crippen molar-refractivity contribution in [2.24, 2.45) is 0 Å². The standard InChI is InChI=1S/C20H13FN6O2S/c21-17-7-22-18-12(5-15(26-27(17)18)13-6-23-20(29)25-19(13)28)11-4-10(11)9-1-2-14-16(3-9)30-8-24-14/h1-3,5-8,10-11H,4H2,(H2,23,25,28,29)/t10-,11+/m1/s1. The third kappa shape index (κ3) is 2.61. The van der Waals surface area contributed by atoms with Crippen LogP contribution >= 0.6 is 11.3 Å². The number of H-pyrrole nitrogens is 2. The lowest BCUT2D eigenvalue weighted by atomic mass is 10.0. The third-order valence-electron chi connectivity index (χ3n) is 5.52. The summed E-state index contributed by atoms with van der Waals surface area (Å²) >= 11 is 1.60. The smallest absolute Gasteiger partial charge is 0.313 e. The number of hydrogen-bond acceptors (Lipinski definition) is 6. The highest BCUT2D eigenvalue weighted by atomic mass is 32.1. The SMILES string of the molecule is O=c1[nH]cc(-c2cc([C@H]3C[C@@H]3c3ccc4ncsc4c3)c3ncc(F)n3n2)c(=O)[nH]1. The molecule has 1 aliphatic carbocycles. The minimum Gasteiger partial charge on any atom is -0.313 e. The molecule has 0 saturated heterocycles. The molecule has 148 valence electrons. The molecule has 2 N–H and O–H groups in total. The Morgan fingerprint density at radius 2 is 2.07 bits per heavy atom. The van der Waals surface area contributed by atoms with Gasteiger partial charge in [0.1, 0.15) is 0 Å². The quantitative estimate of drug-likeness (QED) is 0.467. The van der Waals surface area contributed by atoms with Gasteiger partial charge in [0.2, 0.25) is 5.95 Å². The van der Waals surface area contributed by atoms with Crippen LogP contribution in [-0.2, 0) is 0 Å². The van der Waals surface area contributed by atoms with E-state index in [0.29, 0.717) is 5.65 Å². The summed E-state index contributed by atoms with van der Waals surface area (Å²) in [6.45, 7) is 0. The van der Waals surface area contributed by atoms with Crippen LogP contribution in [0.4, 0.5) is 4.39 Å². The molecular weight excluding hydrogens is 407 g/mol. The molecule has 0 amide bonds. The van der Waals surface area contributed by atoms with Crippen molar-refractivity contribution in [1.29, 1.82) is 0 Å². The van der Waals surface area contributed by atoms with Crippen LogP contribution in [0.2, 0.25) is 0 Å². The zero-order valence-electron chi connectivity index (χ0n) is 15.3. The number of nitrogens with one attached hydrogen (secondary N) is 2. The topological polar surface area (TPSA) is 109 Å². The van der Waals surface area contributed by atoms with Gasteiger partial charge in [0.05, 0.1) is 33.2 Å². The summed E-state index contributed by atoms with van der Waals surface area (Å²) < 4.78 is 16.6. The molecule has 0 spiro atoms. The molecule has 2 atom stereocenters. The normalized spacial score (nSPS) is 18.3. The molecule has 4 heterocycles. The lowest BCUT2D eigenvalue weighted by molar-refractivity contribution is 0.549. The van der Waals surface area contributed by atoms with Crippen LogP contribution in [-0.4, -0.2) is 29.5 Å². The highest BCUT2D eigenvalue weighted by Crippen LogP contribution is 2.56. The molecule has 0 unspecified atom stereocenters. The van der Waals surface area contributed by atoms with Crippen molar-refractivity contribution in [1.82, 2.24) is 29.5 Å². The first-order chi connectivity index (χ1) is 14.6. The molecule has 6 rings (SSSR count). The van der Waals surface area contributed by atoms with E-state index in [4.69, 9.17) is 0 Å². The number of nitrogens with zero attached hydrogens (tertiary/aromatic N) is 4. The average Bonchev–Trinajstić information content (AvgIpc) is 3.24. The van der Waals surface area contributed by atoms with Crippen LogP contribution in [0.15, 0.2) is 51.8 Å². The average molecular weight is 420 g/mol. The predicted octanol–water partition coefficient (Wildman–Crippen LogP) is 2.79. The molecule has 0 bridgehead atoms. The Morgan fingerprint density at radius 3 is 2.93 bits per heavy atom. The van der Waals surface area contributed by atoms with E-state index in [9.17, 15) is 14.0 Å². The molecule has 5 aromatic rings. The van der Waals surface area contributed by atoms with Gasteiger partial charge < -0.3 is 4.98 Å². The molecule has 0 radical (unpaired) electrons. The fraction of sp³-hybridized carbons (Fsp3) is 0.150. The number of aromatic nitrogens is 6. The summed E-state index contributed by atoms with van der Waals surface area (Å²) in [4.78, 5) is 36.7. The van der Waals surface area contributed by atoms with Crippen molar-refractivity contribution in [2.45, 2.75) is 18.3 Å². The van der Waals surface area contributed by atoms with E-state index in [0.717, 1.165) is 32.9 Å². The van der Waals surface area contributed by atoms with Gasteiger partial charge in [-0.1, -0.05) is 6.07 Å². The summed E-state index contributed by atoms with van der Waals surface area (Å²) in [5, 5.41) is 4.23. The van der Waals surface area contributed by atoms with Crippen LogP contribution in [0.5, 0.6) is 0 Å². The van der Waals surface area contributed by atoms with Gasteiger partial charge in [0, 0.05) is 11.8 Å². The zero-order valence-corrected chi connectivity index (χ0v) is 16.1. The summed E-state index contributed by atoms with van der Waals surface area (Å²) in [7, 11) is 0. The second-order valence-electron chi connectivity index (χ2n) is 7.32. The van der Waals surface area contributed by atoms with Crippen molar-refractivity contribution in [2.75, 3.05) is 0 Å². The lowest BCUT2D eigenvalue weighted by Gasteiger charge is -2.07. The van der Waals surface area contributed by atoms with Crippen molar-refractivity contribution in [3.63, 3.8) is 0 Å². The second kappa shape index (κ2) is 6.17. The first kappa shape index (κ1) is 17.2. The highest BCUT2D eigenvalue weighted by molar-refractivity contribution is 7.16. The van der Waals surface area contributed by atoms with Gasteiger partial charge in [-0.25, -0.2) is 14.8 Å². The maximum Gasteiger partial charge on any atom is 0.325 e. The number of rotatable bonds is 3. The maximum absolute atomic E-state index is 14.3. The van der Waals surface area contributed by atoms with E-state index in [-0.39, 0.29) is 23.1 Å². The van der Waals surface area contributed by atoms with Crippen LogP contribution in [0.3, 0.4) is 0 Å². The second-order valence-corrected chi connectivity index (χ2v) is 8.20. The number of imidazole rings is 1. The van der Waals surface area contributed by atoms with E-state index < -0.39 is 17.2 Å². The molecular formula is C20H13FN6O2S. The van der Waals surface area contributed by atoms with Gasteiger partial charge in [0.15, 0.2) is 5.65 Å². The number of fused-ring (bicyclic) bond motifs is 2. The van der Waals surface area contributed by atoms with Gasteiger partial charge in [-0.05, 0) is 42.0 Å². The lowest BCUT2D eigenvalue weighted by Crippen LogP contribution is -2.23. The van der Waals surface area contributed by atoms with Crippen molar-refractivity contribution < 1.29 is 4.39 Å². The largest absolute Gasteiger partial charge is 0.325 e. The number of thiazole rings is 1. The van der Waals surface area contributed by atoms with Gasteiger partial charge in [-0.3, -0.25) is 9.78 Å². The van der Waals surface area contributed by atoms with E-state index >= 15 is 0 Å². The molecule has 8 nitrogen and oxygen atoms in total. The van der Waals surface area contributed by atoms with Gasteiger partial charge in [0.25, 0.3) is 5.56 Å². The number of benzene rings is 1. The predicted molar refractivity (Wildman–Crippen MR) is 109 cm³/mol. The number of hydrogen-bond donors (Lipinski definition) is 2. The fourth-order valence-electron chi connectivity index (χ4n) is 3.98. The summed E-state index contributed by atoms with van der Waals surface area (Å²) in [6.07, 6.45) is 3.30. The maximum atomic E-state index is 14.3. The summed E-state index contributed by atoms with van der Waals surface area (Å²) in [6, 6.07) is 8.00. The number of aromatic amines is 2.